The third-order valence-electron chi connectivity index (χ3n) is 3.23. The molecule has 1 rings (SSSR count). The summed E-state index contributed by atoms with van der Waals surface area (Å²) in [6, 6.07) is 0. The quantitative estimate of drug-likeness (QED) is 0.522. The highest BCUT2D eigenvalue weighted by atomic mass is 32.2. The van der Waals surface area contributed by atoms with Crippen LogP contribution in [0.4, 0.5) is 0 Å². The van der Waals surface area contributed by atoms with Gasteiger partial charge in [0.15, 0.2) is 0 Å². The van der Waals surface area contributed by atoms with Gasteiger partial charge in [-0.3, -0.25) is 9.69 Å². The van der Waals surface area contributed by atoms with Crippen LogP contribution in [0.3, 0.4) is 0 Å². The Labute approximate surface area is 114 Å². The number of esters is 1. The summed E-state index contributed by atoms with van der Waals surface area (Å²) in [5, 5.41) is 0. The van der Waals surface area contributed by atoms with Gasteiger partial charge in [-0.2, -0.15) is 11.8 Å². The number of morpholine rings is 1. The van der Waals surface area contributed by atoms with Crippen molar-refractivity contribution >= 4 is 17.7 Å². The number of hydrogen-bond donors (Lipinski definition) is 0. The van der Waals surface area contributed by atoms with Crippen molar-refractivity contribution in [1.29, 1.82) is 0 Å². The molecule has 0 unspecified atom stereocenters. The van der Waals surface area contributed by atoms with Crippen LogP contribution in [0.1, 0.15) is 20.3 Å². The Bertz CT molecular complexity index is 253. The lowest BCUT2D eigenvalue weighted by Crippen LogP contribution is -2.39. The highest BCUT2D eigenvalue weighted by molar-refractivity contribution is 7.98. The minimum absolute atomic E-state index is 0.0789. The fourth-order valence-corrected chi connectivity index (χ4v) is 2.03. The first kappa shape index (κ1) is 15.8. The van der Waals surface area contributed by atoms with Gasteiger partial charge in [0.25, 0.3) is 0 Å². The van der Waals surface area contributed by atoms with Crippen molar-refractivity contribution in [2.24, 2.45) is 5.41 Å². The molecule has 18 heavy (non-hydrogen) atoms. The van der Waals surface area contributed by atoms with Crippen LogP contribution in [-0.2, 0) is 14.3 Å². The maximum Gasteiger partial charge on any atom is 0.311 e. The van der Waals surface area contributed by atoms with Gasteiger partial charge < -0.3 is 9.47 Å². The standard InChI is InChI=1S/C13H25NO3S/c1-13(2,12(15)17-10-11-18-3)4-5-14-6-8-16-9-7-14/h4-11H2,1-3H3. The predicted octanol–water partition coefficient (Wildman–Crippen LogP) is 1.64. The number of ether oxygens (including phenoxy) is 2. The molecule has 1 fully saturated rings. The van der Waals surface area contributed by atoms with Crippen molar-refractivity contribution in [3.8, 4) is 0 Å². The van der Waals surface area contributed by atoms with E-state index in [4.69, 9.17) is 9.47 Å². The zero-order chi connectivity index (χ0) is 13.4. The first-order chi connectivity index (χ1) is 8.56. The summed E-state index contributed by atoms with van der Waals surface area (Å²) in [6.45, 7) is 8.94. The molecule has 1 saturated heterocycles. The molecule has 0 aromatic heterocycles. The van der Waals surface area contributed by atoms with Crippen molar-refractivity contribution in [2.75, 3.05) is 51.5 Å². The Balaban J connectivity index is 2.26. The Morgan fingerprint density at radius 3 is 2.67 bits per heavy atom. The van der Waals surface area contributed by atoms with Gasteiger partial charge in [-0.1, -0.05) is 0 Å². The molecule has 0 aliphatic carbocycles. The molecule has 0 aromatic carbocycles. The van der Waals surface area contributed by atoms with Crippen molar-refractivity contribution in [3.63, 3.8) is 0 Å². The number of hydrogen-bond acceptors (Lipinski definition) is 5. The third kappa shape index (κ3) is 5.59. The van der Waals surface area contributed by atoms with E-state index in [1.54, 1.807) is 11.8 Å². The Morgan fingerprint density at radius 1 is 1.39 bits per heavy atom. The summed E-state index contributed by atoms with van der Waals surface area (Å²) in [5.74, 6) is 0.787. The molecule has 0 spiro atoms. The molecule has 1 heterocycles. The molecule has 0 amide bonds. The number of rotatable bonds is 7. The lowest BCUT2D eigenvalue weighted by Gasteiger charge is -2.30. The van der Waals surface area contributed by atoms with E-state index in [1.807, 2.05) is 20.1 Å². The van der Waals surface area contributed by atoms with Crippen LogP contribution < -0.4 is 0 Å². The van der Waals surface area contributed by atoms with Crippen molar-refractivity contribution in [2.45, 2.75) is 20.3 Å². The van der Waals surface area contributed by atoms with Crippen molar-refractivity contribution < 1.29 is 14.3 Å². The summed E-state index contributed by atoms with van der Waals surface area (Å²) in [7, 11) is 0. The lowest BCUT2D eigenvalue weighted by atomic mass is 9.89. The maximum atomic E-state index is 11.9. The third-order valence-corrected chi connectivity index (χ3v) is 3.80. The van der Waals surface area contributed by atoms with Gasteiger partial charge in [-0.25, -0.2) is 0 Å². The van der Waals surface area contributed by atoms with Crippen LogP contribution in [0, 0.1) is 5.41 Å². The summed E-state index contributed by atoms with van der Waals surface area (Å²) in [6.07, 6.45) is 2.85. The molecule has 5 heteroatoms. The van der Waals surface area contributed by atoms with Crippen LogP contribution in [0.15, 0.2) is 0 Å². The monoisotopic (exact) mass is 275 g/mol. The number of carbonyl (C=O) groups excluding carboxylic acids is 1. The highest BCUT2D eigenvalue weighted by Crippen LogP contribution is 2.23. The second-order valence-electron chi connectivity index (χ2n) is 5.22. The van der Waals surface area contributed by atoms with Gasteiger partial charge in [0, 0.05) is 18.8 Å². The molecule has 0 radical (unpaired) electrons. The molecule has 4 nitrogen and oxygen atoms in total. The Hall–Kier alpha value is -0.260. The molecule has 0 bridgehead atoms. The van der Waals surface area contributed by atoms with E-state index in [1.165, 1.54) is 0 Å². The fourth-order valence-electron chi connectivity index (χ4n) is 1.78. The second kappa shape index (κ2) is 8.02. The first-order valence-corrected chi connectivity index (χ1v) is 7.92. The van der Waals surface area contributed by atoms with Crippen LogP contribution in [0.5, 0.6) is 0 Å². The molecule has 1 aliphatic heterocycles. The molecule has 1 aliphatic rings. The van der Waals surface area contributed by atoms with Gasteiger partial charge >= 0.3 is 5.97 Å². The van der Waals surface area contributed by atoms with Gasteiger partial charge in [-0.05, 0) is 33.1 Å². The molecule has 0 saturated carbocycles. The highest BCUT2D eigenvalue weighted by Gasteiger charge is 2.29. The minimum atomic E-state index is -0.392. The molecular formula is C13H25NO3S. The number of thioether (sulfide) groups is 1. The van der Waals surface area contributed by atoms with E-state index in [0.29, 0.717) is 6.61 Å². The van der Waals surface area contributed by atoms with Gasteiger partial charge in [0.2, 0.25) is 0 Å². The molecule has 0 N–H and O–H groups in total. The summed E-state index contributed by atoms with van der Waals surface area (Å²) >= 11 is 1.69. The average molecular weight is 275 g/mol. The lowest BCUT2D eigenvalue weighted by molar-refractivity contribution is -0.153. The average Bonchev–Trinajstić information content (AvgIpc) is 2.38. The van der Waals surface area contributed by atoms with Crippen LogP contribution >= 0.6 is 11.8 Å². The van der Waals surface area contributed by atoms with Crippen molar-refractivity contribution in [1.82, 2.24) is 4.90 Å². The molecular weight excluding hydrogens is 250 g/mol. The van der Waals surface area contributed by atoms with Gasteiger partial charge in [0.05, 0.1) is 18.6 Å². The van der Waals surface area contributed by atoms with E-state index in [-0.39, 0.29) is 5.97 Å². The molecule has 0 atom stereocenters. The summed E-state index contributed by atoms with van der Waals surface area (Å²) < 4.78 is 10.6. The predicted molar refractivity (Wildman–Crippen MR) is 75.0 cm³/mol. The zero-order valence-corrected chi connectivity index (χ0v) is 12.6. The maximum absolute atomic E-state index is 11.9. The molecule has 0 aromatic rings. The Morgan fingerprint density at radius 2 is 2.06 bits per heavy atom. The smallest absolute Gasteiger partial charge is 0.311 e. The van der Waals surface area contributed by atoms with E-state index < -0.39 is 5.41 Å². The van der Waals surface area contributed by atoms with Gasteiger partial charge in [-0.15, -0.1) is 0 Å². The number of nitrogens with zero attached hydrogens (tertiary/aromatic N) is 1. The van der Waals surface area contributed by atoms with Crippen LogP contribution in [0.2, 0.25) is 0 Å². The van der Waals surface area contributed by atoms with Crippen molar-refractivity contribution in [3.05, 3.63) is 0 Å². The largest absolute Gasteiger partial charge is 0.464 e. The minimum Gasteiger partial charge on any atom is -0.464 e. The van der Waals surface area contributed by atoms with Gasteiger partial charge in [0.1, 0.15) is 6.61 Å². The SMILES string of the molecule is CSCCOC(=O)C(C)(C)CCN1CCOCC1. The molecule has 106 valence electrons. The van der Waals surface area contributed by atoms with Crippen LogP contribution in [-0.4, -0.2) is 62.3 Å². The summed E-state index contributed by atoms with van der Waals surface area (Å²) in [4.78, 5) is 14.3. The second-order valence-corrected chi connectivity index (χ2v) is 6.20. The summed E-state index contributed by atoms with van der Waals surface area (Å²) in [5.41, 5.74) is -0.392. The fraction of sp³-hybridized carbons (Fsp3) is 0.923. The van der Waals surface area contributed by atoms with E-state index in [0.717, 1.165) is 45.0 Å². The number of carbonyl (C=O) groups is 1. The van der Waals surface area contributed by atoms with Crippen LogP contribution in [0.25, 0.3) is 0 Å². The van der Waals surface area contributed by atoms with E-state index in [2.05, 4.69) is 4.90 Å². The zero-order valence-electron chi connectivity index (χ0n) is 11.7. The normalized spacial score (nSPS) is 17.7. The van der Waals surface area contributed by atoms with E-state index >= 15 is 0 Å². The Kier molecular flexibility index (Phi) is 7.04. The van der Waals surface area contributed by atoms with E-state index in [9.17, 15) is 4.79 Å². The first-order valence-electron chi connectivity index (χ1n) is 6.52. The topological polar surface area (TPSA) is 38.8 Å².